The zero-order valence-corrected chi connectivity index (χ0v) is 11.1. The van der Waals surface area contributed by atoms with E-state index in [4.69, 9.17) is 5.11 Å². The maximum atomic E-state index is 11.9. The smallest absolute Gasteiger partial charge is 0.326 e. The molecule has 102 valence electrons. The van der Waals surface area contributed by atoms with E-state index in [1.807, 2.05) is 6.26 Å². The molecule has 2 atom stereocenters. The van der Waals surface area contributed by atoms with Crippen LogP contribution in [0, 0.1) is 5.92 Å². The van der Waals surface area contributed by atoms with Crippen LogP contribution in [-0.4, -0.2) is 47.5 Å². The molecule has 0 aromatic carbocycles. The van der Waals surface area contributed by atoms with Crippen LogP contribution < -0.4 is 10.6 Å². The van der Waals surface area contributed by atoms with Crippen molar-refractivity contribution < 1.29 is 19.5 Å². The van der Waals surface area contributed by atoms with E-state index in [9.17, 15) is 14.4 Å². The van der Waals surface area contributed by atoms with Crippen molar-refractivity contribution in [2.75, 3.05) is 18.6 Å². The number of aliphatic carboxylic acids is 1. The van der Waals surface area contributed by atoms with E-state index in [-0.39, 0.29) is 17.7 Å². The summed E-state index contributed by atoms with van der Waals surface area (Å²) in [5, 5.41) is 14.1. The Labute approximate surface area is 110 Å². The van der Waals surface area contributed by atoms with Crippen molar-refractivity contribution in [3.8, 4) is 0 Å². The first kappa shape index (κ1) is 14.8. The van der Waals surface area contributed by atoms with E-state index in [2.05, 4.69) is 10.6 Å². The maximum Gasteiger partial charge on any atom is 0.326 e. The molecule has 2 amide bonds. The number of carbonyl (C=O) groups is 3. The van der Waals surface area contributed by atoms with E-state index in [0.29, 0.717) is 31.6 Å². The van der Waals surface area contributed by atoms with Crippen LogP contribution in [0.5, 0.6) is 0 Å². The standard InChI is InChI=1S/C11H18N2O4S/c1-18-5-4-8(11(16)17)13-10(15)7-2-3-9(14)12-6-7/h7-8H,2-6H2,1H3,(H,12,14)(H,13,15)(H,16,17). The van der Waals surface area contributed by atoms with Gasteiger partial charge in [-0.1, -0.05) is 0 Å². The van der Waals surface area contributed by atoms with Gasteiger partial charge >= 0.3 is 5.97 Å². The highest BCUT2D eigenvalue weighted by molar-refractivity contribution is 7.98. The Bertz CT molecular complexity index is 325. The van der Waals surface area contributed by atoms with E-state index < -0.39 is 12.0 Å². The largest absolute Gasteiger partial charge is 0.480 e. The summed E-state index contributed by atoms with van der Waals surface area (Å²) in [6.45, 7) is 0.291. The summed E-state index contributed by atoms with van der Waals surface area (Å²) in [6, 6.07) is -0.845. The second kappa shape index (κ2) is 7.25. The highest BCUT2D eigenvalue weighted by Crippen LogP contribution is 2.11. The van der Waals surface area contributed by atoms with Gasteiger partial charge in [0.1, 0.15) is 6.04 Å². The molecular formula is C11H18N2O4S. The highest BCUT2D eigenvalue weighted by Gasteiger charge is 2.27. The van der Waals surface area contributed by atoms with Gasteiger partial charge in [0.05, 0.1) is 5.92 Å². The third-order valence-corrected chi connectivity index (χ3v) is 3.51. The molecule has 1 rings (SSSR count). The van der Waals surface area contributed by atoms with Gasteiger partial charge in [-0.05, 0) is 24.9 Å². The second-order valence-electron chi connectivity index (χ2n) is 4.22. The van der Waals surface area contributed by atoms with Crippen molar-refractivity contribution in [1.82, 2.24) is 10.6 Å². The third-order valence-electron chi connectivity index (χ3n) is 2.86. The van der Waals surface area contributed by atoms with Crippen LogP contribution in [0.3, 0.4) is 0 Å². The summed E-state index contributed by atoms with van der Waals surface area (Å²) in [7, 11) is 0. The Hall–Kier alpha value is -1.24. The Kier molecular flexibility index (Phi) is 5.97. The normalized spacial score (nSPS) is 20.9. The van der Waals surface area contributed by atoms with Crippen LogP contribution in [0.1, 0.15) is 19.3 Å². The minimum atomic E-state index is -1.02. The van der Waals surface area contributed by atoms with Crippen molar-refractivity contribution in [2.45, 2.75) is 25.3 Å². The van der Waals surface area contributed by atoms with Gasteiger partial charge in [-0.2, -0.15) is 11.8 Å². The molecule has 18 heavy (non-hydrogen) atoms. The Morgan fingerprint density at radius 3 is 2.83 bits per heavy atom. The monoisotopic (exact) mass is 274 g/mol. The molecule has 1 aliphatic heterocycles. The molecule has 0 radical (unpaired) electrons. The van der Waals surface area contributed by atoms with Crippen LogP contribution >= 0.6 is 11.8 Å². The molecule has 0 aromatic rings. The Morgan fingerprint density at radius 2 is 2.33 bits per heavy atom. The van der Waals surface area contributed by atoms with Crippen molar-refractivity contribution in [2.24, 2.45) is 5.92 Å². The maximum absolute atomic E-state index is 11.9. The number of rotatable bonds is 6. The minimum absolute atomic E-state index is 0.0591. The van der Waals surface area contributed by atoms with Gasteiger partial charge in [0.25, 0.3) is 0 Å². The van der Waals surface area contributed by atoms with Crippen LogP contribution in [0.2, 0.25) is 0 Å². The van der Waals surface area contributed by atoms with Gasteiger partial charge < -0.3 is 15.7 Å². The first-order chi connectivity index (χ1) is 8.54. The van der Waals surface area contributed by atoms with Gasteiger partial charge in [0.2, 0.25) is 11.8 Å². The van der Waals surface area contributed by atoms with Gasteiger partial charge in [-0.15, -0.1) is 0 Å². The fourth-order valence-electron chi connectivity index (χ4n) is 1.74. The molecule has 0 saturated carbocycles. The van der Waals surface area contributed by atoms with Gasteiger partial charge in [0.15, 0.2) is 0 Å². The third kappa shape index (κ3) is 4.56. The number of carboxylic acids is 1. The van der Waals surface area contributed by atoms with Crippen molar-refractivity contribution in [3.05, 3.63) is 0 Å². The molecule has 3 N–H and O–H groups in total. The number of amides is 2. The number of piperidine rings is 1. The Morgan fingerprint density at radius 1 is 1.61 bits per heavy atom. The van der Waals surface area contributed by atoms with Gasteiger partial charge in [0, 0.05) is 13.0 Å². The quantitative estimate of drug-likeness (QED) is 0.625. The lowest BCUT2D eigenvalue weighted by molar-refractivity contribution is -0.143. The lowest BCUT2D eigenvalue weighted by atomic mass is 9.98. The summed E-state index contributed by atoms with van der Waals surface area (Å²) < 4.78 is 0. The number of thioether (sulfide) groups is 1. The highest BCUT2D eigenvalue weighted by atomic mass is 32.2. The summed E-state index contributed by atoms with van der Waals surface area (Å²) in [5.41, 5.74) is 0. The van der Waals surface area contributed by atoms with Crippen LogP contribution in [0.4, 0.5) is 0 Å². The summed E-state index contributed by atoms with van der Waals surface area (Å²) in [4.78, 5) is 33.8. The van der Waals surface area contributed by atoms with Crippen molar-refractivity contribution >= 4 is 29.5 Å². The lowest BCUT2D eigenvalue weighted by Gasteiger charge is -2.23. The van der Waals surface area contributed by atoms with E-state index in [1.54, 1.807) is 0 Å². The average Bonchev–Trinajstić information content (AvgIpc) is 2.34. The molecule has 1 heterocycles. The minimum Gasteiger partial charge on any atom is -0.480 e. The van der Waals surface area contributed by atoms with Gasteiger partial charge in [-0.3, -0.25) is 9.59 Å². The first-order valence-corrected chi connectivity index (χ1v) is 7.22. The van der Waals surface area contributed by atoms with Crippen LogP contribution in [0.25, 0.3) is 0 Å². The predicted molar refractivity (Wildman–Crippen MR) is 68.3 cm³/mol. The molecule has 1 fully saturated rings. The predicted octanol–water partition coefficient (Wildman–Crippen LogP) is -0.165. The molecule has 0 aromatic heterocycles. The molecule has 0 spiro atoms. The summed E-state index contributed by atoms with van der Waals surface area (Å²) in [6.07, 6.45) is 3.09. The first-order valence-electron chi connectivity index (χ1n) is 5.83. The summed E-state index contributed by atoms with van der Waals surface area (Å²) in [5.74, 6) is -1.01. The number of carbonyl (C=O) groups excluding carboxylic acids is 2. The van der Waals surface area contributed by atoms with Gasteiger partial charge in [-0.25, -0.2) is 4.79 Å². The molecule has 7 heteroatoms. The van der Waals surface area contributed by atoms with E-state index >= 15 is 0 Å². The second-order valence-corrected chi connectivity index (χ2v) is 5.21. The number of nitrogens with one attached hydrogen (secondary N) is 2. The molecule has 0 aliphatic carbocycles. The van der Waals surface area contributed by atoms with Crippen molar-refractivity contribution in [1.29, 1.82) is 0 Å². The fraction of sp³-hybridized carbons (Fsp3) is 0.727. The molecule has 1 aliphatic rings. The van der Waals surface area contributed by atoms with Crippen LogP contribution in [-0.2, 0) is 14.4 Å². The molecule has 0 bridgehead atoms. The zero-order chi connectivity index (χ0) is 13.5. The summed E-state index contributed by atoms with van der Waals surface area (Å²) >= 11 is 1.54. The lowest BCUT2D eigenvalue weighted by Crippen LogP contribution is -2.48. The van der Waals surface area contributed by atoms with Crippen LogP contribution in [0.15, 0.2) is 0 Å². The molecule has 6 nitrogen and oxygen atoms in total. The average molecular weight is 274 g/mol. The molecule has 2 unspecified atom stereocenters. The number of hydrogen-bond acceptors (Lipinski definition) is 4. The SMILES string of the molecule is CSCCC(NC(=O)C1CCC(=O)NC1)C(=O)O. The zero-order valence-electron chi connectivity index (χ0n) is 10.3. The molecule has 1 saturated heterocycles. The van der Waals surface area contributed by atoms with E-state index in [1.165, 1.54) is 11.8 Å². The topological polar surface area (TPSA) is 95.5 Å². The fourth-order valence-corrected chi connectivity index (χ4v) is 2.21. The number of hydrogen-bond donors (Lipinski definition) is 3. The number of carboxylic acid groups (broad SMARTS) is 1. The Balaban J connectivity index is 2.45. The van der Waals surface area contributed by atoms with E-state index in [0.717, 1.165) is 0 Å². The molecular weight excluding hydrogens is 256 g/mol. The van der Waals surface area contributed by atoms with Crippen molar-refractivity contribution in [3.63, 3.8) is 0 Å².